The van der Waals surface area contributed by atoms with E-state index in [2.05, 4.69) is 25.4 Å². The number of unbranched alkanes of at least 4 members (excludes halogenated alkanes) is 3. The predicted octanol–water partition coefficient (Wildman–Crippen LogP) is 4.07. The first-order valence-corrected chi connectivity index (χ1v) is 6.30. The van der Waals surface area contributed by atoms with Gasteiger partial charge >= 0.3 is 0 Å². The molecule has 15 heavy (non-hydrogen) atoms. The first-order valence-electron chi connectivity index (χ1n) is 6.30. The molecule has 0 aromatic carbocycles. The van der Waals surface area contributed by atoms with Crippen LogP contribution in [0.25, 0.3) is 0 Å². The van der Waals surface area contributed by atoms with Gasteiger partial charge in [0.2, 0.25) is 0 Å². The zero-order valence-corrected chi connectivity index (χ0v) is 10.3. The summed E-state index contributed by atoms with van der Waals surface area (Å²) in [5, 5.41) is 3.57. The van der Waals surface area contributed by atoms with Crippen molar-refractivity contribution in [3.63, 3.8) is 0 Å². The van der Waals surface area contributed by atoms with Gasteiger partial charge < -0.3 is 5.32 Å². The zero-order chi connectivity index (χ0) is 11.4. The summed E-state index contributed by atoms with van der Waals surface area (Å²) in [6.07, 6.45) is 12.7. The molecule has 1 unspecified atom stereocenters. The molecule has 1 N–H and O–H groups in total. The molecule has 0 saturated heterocycles. The molecule has 0 spiro atoms. The van der Waals surface area contributed by atoms with Gasteiger partial charge in [-0.2, -0.15) is 0 Å². The van der Waals surface area contributed by atoms with Gasteiger partial charge in [0.15, 0.2) is 0 Å². The van der Waals surface area contributed by atoms with Crippen LogP contribution in [0.1, 0.15) is 51.9 Å². The van der Waals surface area contributed by atoms with Crippen molar-refractivity contribution in [2.24, 2.45) is 0 Å². The third kappa shape index (κ3) is 9.74. The molecular weight excluding hydrogens is 182 g/mol. The molecule has 0 aliphatic heterocycles. The first kappa shape index (κ1) is 14.4. The van der Waals surface area contributed by atoms with E-state index in [-0.39, 0.29) is 0 Å². The second kappa shape index (κ2) is 11.5. The SMILES string of the molecule is C=CCCCCCC(CC=C)NCCC. The molecule has 0 amide bonds. The van der Waals surface area contributed by atoms with Gasteiger partial charge in [-0.1, -0.05) is 31.9 Å². The number of hydrogen-bond acceptors (Lipinski definition) is 1. The van der Waals surface area contributed by atoms with Crippen LogP contribution < -0.4 is 5.32 Å². The summed E-state index contributed by atoms with van der Waals surface area (Å²) in [7, 11) is 0. The van der Waals surface area contributed by atoms with E-state index in [0.717, 1.165) is 19.4 Å². The molecule has 0 bridgehead atoms. The fraction of sp³-hybridized carbons (Fsp3) is 0.714. The third-order valence-corrected chi connectivity index (χ3v) is 2.60. The maximum atomic E-state index is 3.81. The molecule has 0 rings (SSSR count). The van der Waals surface area contributed by atoms with E-state index in [9.17, 15) is 0 Å². The molecule has 0 fully saturated rings. The summed E-state index contributed by atoms with van der Waals surface area (Å²) in [4.78, 5) is 0. The van der Waals surface area contributed by atoms with Crippen molar-refractivity contribution in [3.8, 4) is 0 Å². The fourth-order valence-corrected chi connectivity index (χ4v) is 1.71. The van der Waals surface area contributed by atoms with Gasteiger partial charge in [0, 0.05) is 6.04 Å². The smallest absolute Gasteiger partial charge is 0.0101 e. The summed E-state index contributed by atoms with van der Waals surface area (Å²) >= 11 is 0. The summed E-state index contributed by atoms with van der Waals surface area (Å²) in [5.74, 6) is 0. The highest BCUT2D eigenvalue weighted by Crippen LogP contribution is 2.08. The standard InChI is InChI=1S/C14H27N/c1-4-7-8-9-10-12-14(11-5-2)15-13-6-3/h4-5,14-15H,1-2,6-13H2,3H3. The maximum absolute atomic E-state index is 3.81. The minimum absolute atomic E-state index is 0.645. The lowest BCUT2D eigenvalue weighted by atomic mass is 10.0. The number of allylic oxidation sites excluding steroid dienone is 1. The monoisotopic (exact) mass is 209 g/mol. The average molecular weight is 209 g/mol. The molecule has 0 aliphatic carbocycles. The highest BCUT2D eigenvalue weighted by atomic mass is 14.9. The van der Waals surface area contributed by atoms with Gasteiger partial charge in [0.05, 0.1) is 0 Å². The number of hydrogen-bond donors (Lipinski definition) is 1. The Morgan fingerprint density at radius 1 is 1.13 bits per heavy atom. The van der Waals surface area contributed by atoms with Crippen molar-refractivity contribution in [1.82, 2.24) is 5.32 Å². The molecule has 1 nitrogen and oxygen atoms in total. The quantitative estimate of drug-likeness (QED) is 0.399. The average Bonchev–Trinajstić information content (AvgIpc) is 2.25. The Hall–Kier alpha value is -0.560. The van der Waals surface area contributed by atoms with Gasteiger partial charge in [-0.05, 0) is 38.6 Å². The summed E-state index contributed by atoms with van der Waals surface area (Å²) < 4.78 is 0. The van der Waals surface area contributed by atoms with Gasteiger partial charge in [-0.15, -0.1) is 13.2 Å². The van der Waals surface area contributed by atoms with Crippen molar-refractivity contribution in [3.05, 3.63) is 25.3 Å². The van der Waals surface area contributed by atoms with Gasteiger partial charge in [-0.3, -0.25) is 0 Å². The lowest BCUT2D eigenvalue weighted by Gasteiger charge is -2.16. The summed E-state index contributed by atoms with van der Waals surface area (Å²) in [6.45, 7) is 10.9. The van der Waals surface area contributed by atoms with E-state index in [0.29, 0.717) is 6.04 Å². The Morgan fingerprint density at radius 2 is 1.93 bits per heavy atom. The Bertz CT molecular complexity index is 151. The first-order chi connectivity index (χ1) is 7.35. The fourth-order valence-electron chi connectivity index (χ4n) is 1.71. The normalized spacial score (nSPS) is 12.3. The highest BCUT2D eigenvalue weighted by molar-refractivity contribution is 4.78. The number of nitrogens with one attached hydrogen (secondary N) is 1. The van der Waals surface area contributed by atoms with Crippen LogP contribution in [0.5, 0.6) is 0 Å². The molecule has 1 heteroatoms. The molecule has 0 radical (unpaired) electrons. The van der Waals surface area contributed by atoms with Crippen LogP contribution in [0.15, 0.2) is 25.3 Å². The molecule has 1 atom stereocenters. The van der Waals surface area contributed by atoms with E-state index >= 15 is 0 Å². The van der Waals surface area contributed by atoms with E-state index in [1.807, 2.05) is 12.2 Å². The minimum atomic E-state index is 0.645. The maximum Gasteiger partial charge on any atom is 0.0101 e. The van der Waals surface area contributed by atoms with Crippen LogP contribution in [-0.4, -0.2) is 12.6 Å². The van der Waals surface area contributed by atoms with Crippen LogP contribution in [-0.2, 0) is 0 Å². The van der Waals surface area contributed by atoms with Gasteiger partial charge in [0.1, 0.15) is 0 Å². The molecular formula is C14H27N. The molecule has 0 aliphatic rings. The Balaban J connectivity index is 3.46. The minimum Gasteiger partial charge on any atom is -0.314 e. The van der Waals surface area contributed by atoms with Crippen molar-refractivity contribution in [2.75, 3.05) is 6.54 Å². The largest absolute Gasteiger partial charge is 0.314 e. The van der Waals surface area contributed by atoms with Crippen molar-refractivity contribution < 1.29 is 0 Å². The van der Waals surface area contributed by atoms with Gasteiger partial charge in [-0.25, -0.2) is 0 Å². The predicted molar refractivity (Wildman–Crippen MR) is 70.2 cm³/mol. The van der Waals surface area contributed by atoms with E-state index < -0.39 is 0 Å². The molecule has 0 heterocycles. The topological polar surface area (TPSA) is 12.0 Å². The van der Waals surface area contributed by atoms with Crippen LogP contribution in [0.2, 0.25) is 0 Å². The second-order valence-corrected chi connectivity index (χ2v) is 4.10. The van der Waals surface area contributed by atoms with Crippen LogP contribution in [0.4, 0.5) is 0 Å². The van der Waals surface area contributed by atoms with Crippen LogP contribution in [0, 0.1) is 0 Å². The molecule has 0 aromatic rings. The Kier molecular flexibility index (Phi) is 11.1. The lowest BCUT2D eigenvalue weighted by Crippen LogP contribution is -2.29. The van der Waals surface area contributed by atoms with Crippen molar-refractivity contribution in [1.29, 1.82) is 0 Å². The Morgan fingerprint density at radius 3 is 2.53 bits per heavy atom. The molecule has 88 valence electrons. The molecule has 0 aromatic heterocycles. The van der Waals surface area contributed by atoms with Gasteiger partial charge in [0.25, 0.3) is 0 Å². The second-order valence-electron chi connectivity index (χ2n) is 4.10. The molecule has 0 saturated carbocycles. The summed E-state index contributed by atoms with van der Waals surface area (Å²) in [6, 6.07) is 0.645. The summed E-state index contributed by atoms with van der Waals surface area (Å²) in [5.41, 5.74) is 0. The zero-order valence-electron chi connectivity index (χ0n) is 10.3. The van der Waals surface area contributed by atoms with E-state index in [1.54, 1.807) is 0 Å². The highest BCUT2D eigenvalue weighted by Gasteiger charge is 2.04. The third-order valence-electron chi connectivity index (χ3n) is 2.60. The van der Waals surface area contributed by atoms with E-state index in [1.165, 1.54) is 32.1 Å². The van der Waals surface area contributed by atoms with Crippen molar-refractivity contribution in [2.45, 2.75) is 57.9 Å². The van der Waals surface area contributed by atoms with Crippen molar-refractivity contribution >= 4 is 0 Å². The van der Waals surface area contributed by atoms with Crippen LogP contribution in [0.3, 0.4) is 0 Å². The number of rotatable bonds is 11. The van der Waals surface area contributed by atoms with E-state index in [4.69, 9.17) is 0 Å². The lowest BCUT2D eigenvalue weighted by molar-refractivity contribution is 0.460. The Labute approximate surface area is 95.7 Å². The van der Waals surface area contributed by atoms with Crippen LogP contribution >= 0.6 is 0 Å².